The summed E-state index contributed by atoms with van der Waals surface area (Å²) in [6.07, 6.45) is 1.16. The largest absolute Gasteiger partial charge is 0.245 e. The van der Waals surface area contributed by atoms with Crippen molar-refractivity contribution in [3.63, 3.8) is 0 Å². The third kappa shape index (κ3) is 2.43. The van der Waals surface area contributed by atoms with E-state index in [4.69, 9.17) is 22.1 Å². The summed E-state index contributed by atoms with van der Waals surface area (Å²) in [5.41, 5.74) is 0.218. The van der Waals surface area contributed by atoms with Crippen molar-refractivity contribution in [2.45, 2.75) is 23.8 Å². The van der Waals surface area contributed by atoms with Crippen molar-refractivity contribution in [1.29, 1.82) is 10.5 Å². The van der Waals surface area contributed by atoms with Gasteiger partial charge in [0.15, 0.2) is 0 Å². The summed E-state index contributed by atoms with van der Waals surface area (Å²) in [6.45, 7) is 0.299. The number of nitrogens with zero attached hydrogens (tertiary/aromatic N) is 3. The van der Waals surface area contributed by atoms with E-state index >= 15 is 0 Å². The Morgan fingerprint density at radius 2 is 2.11 bits per heavy atom. The van der Waals surface area contributed by atoms with Gasteiger partial charge in [-0.1, -0.05) is 11.6 Å². The molecule has 0 aliphatic carbocycles. The van der Waals surface area contributed by atoms with Crippen molar-refractivity contribution < 1.29 is 8.42 Å². The van der Waals surface area contributed by atoms with E-state index < -0.39 is 16.1 Å². The van der Waals surface area contributed by atoms with Crippen LogP contribution in [0, 0.1) is 22.7 Å². The molecule has 0 amide bonds. The first-order chi connectivity index (χ1) is 9.00. The molecule has 98 valence electrons. The SMILES string of the molecule is N#Cc1ccc(Cl)c(S(=O)(=O)N2CCCC2C#N)c1. The number of hydrogen-bond donors (Lipinski definition) is 0. The molecule has 0 aromatic heterocycles. The smallest absolute Gasteiger partial charge is 0.207 e. The van der Waals surface area contributed by atoms with Gasteiger partial charge in [0.2, 0.25) is 10.0 Å². The first kappa shape index (κ1) is 13.8. The maximum absolute atomic E-state index is 12.5. The van der Waals surface area contributed by atoms with Crippen LogP contribution in [0.2, 0.25) is 5.02 Å². The Kier molecular flexibility index (Phi) is 3.77. The van der Waals surface area contributed by atoms with Crippen molar-refractivity contribution >= 4 is 21.6 Å². The molecule has 19 heavy (non-hydrogen) atoms. The molecule has 1 saturated heterocycles. The quantitative estimate of drug-likeness (QED) is 0.834. The summed E-state index contributed by atoms with van der Waals surface area (Å²) in [5.74, 6) is 0. The highest BCUT2D eigenvalue weighted by Gasteiger charge is 2.36. The lowest BCUT2D eigenvalue weighted by Gasteiger charge is -2.19. The molecular formula is C12H10ClN3O2S. The van der Waals surface area contributed by atoms with Gasteiger partial charge in [0.05, 0.1) is 22.7 Å². The van der Waals surface area contributed by atoms with Gasteiger partial charge in [-0.2, -0.15) is 14.8 Å². The molecule has 0 spiro atoms. The Labute approximate surface area is 116 Å². The minimum atomic E-state index is -3.84. The van der Waals surface area contributed by atoms with Gasteiger partial charge >= 0.3 is 0 Å². The molecule has 1 heterocycles. The van der Waals surface area contributed by atoms with Crippen LogP contribution < -0.4 is 0 Å². The fraction of sp³-hybridized carbons (Fsp3) is 0.333. The number of halogens is 1. The van der Waals surface area contributed by atoms with Gasteiger partial charge in [0.25, 0.3) is 0 Å². The van der Waals surface area contributed by atoms with E-state index in [1.165, 1.54) is 18.2 Å². The molecular weight excluding hydrogens is 286 g/mol. The van der Waals surface area contributed by atoms with E-state index in [-0.39, 0.29) is 15.5 Å². The van der Waals surface area contributed by atoms with Gasteiger partial charge < -0.3 is 0 Å². The van der Waals surface area contributed by atoms with Crippen LogP contribution in [-0.2, 0) is 10.0 Å². The van der Waals surface area contributed by atoms with Gasteiger partial charge in [0, 0.05) is 6.54 Å². The maximum Gasteiger partial charge on any atom is 0.245 e. The molecule has 0 bridgehead atoms. The van der Waals surface area contributed by atoms with Crippen LogP contribution in [0.4, 0.5) is 0 Å². The highest BCUT2D eigenvalue weighted by molar-refractivity contribution is 7.89. The number of nitriles is 2. The molecule has 1 atom stereocenters. The number of rotatable bonds is 2. The van der Waals surface area contributed by atoms with Gasteiger partial charge in [-0.3, -0.25) is 0 Å². The molecule has 1 aliphatic heterocycles. The normalized spacial score (nSPS) is 19.8. The summed E-state index contributed by atoms with van der Waals surface area (Å²) in [6, 6.07) is 7.26. The first-order valence-electron chi connectivity index (χ1n) is 5.62. The van der Waals surface area contributed by atoms with Crippen LogP contribution in [0.25, 0.3) is 0 Å². The summed E-state index contributed by atoms with van der Waals surface area (Å²) < 4.78 is 26.1. The van der Waals surface area contributed by atoms with Crippen molar-refractivity contribution in [3.8, 4) is 12.1 Å². The lowest BCUT2D eigenvalue weighted by molar-refractivity contribution is 0.437. The average Bonchev–Trinajstić information content (AvgIpc) is 2.88. The Bertz CT molecular complexity index is 688. The topological polar surface area (TPSA) is 85.0 Å². The second-order valence-electron chi connectivity index (χ2n) is 4.16. The third-order valence-electron chi connectivity index (χ3n) is 3.00. The van der Waals surface area contributed by atoms with Gasteiger partial charge in [-0.15, -0.1) is 0 Å². The second kappa shape index (κ2) is 5.18. The Balaban J connectivity index is 2.52. The number of benzene rings is 1. The van der Waals surface area contributed by atoms with Crippen molar-refractivity contribution in [2.24, 2.45) is 0 Å². The van der Waals surface area contributed by atoms with Crippen LogP contribution >= 0.6 is 11.6 Å². The first-order valence-corrected chi connectivity index (χ1v) is 7.43. The van der Waals surface area contributed by atoms with Crippen LogP contribution in [-0.4, -0.2) is 25.3 Å². The summed E-state index contributed by atoms with van der Waals surface area (Å²) in [5, 5.41) is 17.9. The zero-order chi connectivity index (χ0) is 14.0. The predicted molar refractivity (Wildman–Crippen MR) is 68.7 cm³/mol. The van der Waals surface area contributed by atoms with E-state index in [0.29, 0.717) is 19.4 Å². The molecule has 0 radical (unpaired) electrons. The molecule has 1 unspecified atom stereocenters. The van der Waals surface area contributed by atoms with Crippen LogP contribution in [0.3, 0.4) is 0 Å². The average molecular weight is 296 g/mol. The van der Waals surface area contributed by atoms with Crippen LogP contribution in [0.15, 0.2) is 23.1 Å². The molecule has 5 nitrogen and oxygen atoms in total. The highest BCUT2D eigenvalue weighted by atomic mass is 35.5. The van der Waals surface area contributed by atoms with Crippen LogP contribution in [0.5, 0.6) is 0 Å². The second-order valence-corrected chi connectivity index (χ2v) is 6.43. The van der Waals surface area contributed by atoms with Crippen LogP contribution in [0.1, 0.15) is 18.4 Å². The van der Waals surface area contributed by atoms with Crippen molar-refractivity contribution in [2.75, 3.05) is 6.54 Å². The maximum atomic E-state index is 12.5. The third-order valence-corrected chi connectivity index (χ3v) is 5.39. The molecule has 1 aromatic rings. The summed E-state index contributed by atoms with van der Waals surface area (Å²) in [4.78, 5) is -0.115. The summed E-state index contributed by atoms with van der Waals surface area (Å²) in [7, 11) is -3.84. The van der Waals surface area contributed by atoms with E-state index in [1.54, 1.807) is 0 Å². The fourth-order valence-electron chi connectivity index (χ4n) is 2.05. The predicted octanol–water partition coefficient (Wildman–Crippen LogP) is 1.89. The van der Waals surface area contributed by atoms with E-state index in [0.717, 1.165) is 4.31 Å². The van der Waals surface area contributed by atoms with E-state index in [9.17, 15) is 8.42 Å². The number of sulfonamides is 1. The molecule has 1 aliphatic rings. The molecule has 1 aromatic carbocycles. The Morgan fingerprint density at radius 1 is 1.37 bits per heavy atom. The van der Waals surface area contributed by atoms with E-state index in [2.05, 4.69) is 0 Å². The lowest BCUT2D eigenvalue weighted by atomic mass is 10.2. The molecule has 0 N–H and O–H groups in total. The molecule has 2 rings (SSSR count). The number of hydrogen-bond acceptors (Lipinski definition) is 4. The van der Waals surface area contributed by atoms with Crippen molar-refractivity contribution in [3.05, 3.63) is 28.8 Å². The molecule has 7 heteroatoms. The zero-order valence-corrected chi connectivity index (χ0v) is 11.4. The minimum absolute atomic E-state index is 0.0580. The Hall–Kier alpha value is -1.60. The molecule has 1 fully saturated rings. The van der Waals surface area contributed by atoms with Crippen molar-refractivity contribution in [1.82, 2.24) is 4.31 Å². The van der Waals surface area contributed by atoms with E-state index in [1.807, 2.05) is 12.1 Å². The Morgan fingerprint density at radius 3 is 2.74 bits per heavy atom. The van der Waals surface area contributed by atoms with Gasteiger partial charge in [-0.25, -0.2) is 8.42 Å². The van der Waals surface area contributed by atoms with Gasteiger partial charge in [-0.05, 0) is 31.0 Å². The lowest BCUT2D eigenvalue weighted by Crippen LogP contribution is -2.34. The minimum Gasteiger partial charge on any atom is -0.207 e. The fourth-order valence-corrected chi connectivity index (χ4v) is 4.16. The summed E-state index contributed by atoms with van der Waals surface area (Å²) >= 11 is 5.91. The monoisotopic (exact) mass is 295 g/mol. The van der Waals surface area contributed by atoms with Gasteiger partial charge in [0.1, 0.15) is 10.9 Å². The zero-order valence-electron chi connectivity index (χ0n) is 9.88. The molecule has 0 saturated carbocycles. The highest BCUT2D eigenvalue weighted by Crippen LogP contribution is 2.30. The standard InChI is InChI=1S/C12H10ClN3O2S/c13-11-4-3-9(7-14)6-12(11)19(17,18)16-5-1-2-10(16)8-15/h3-4,6,10H,1-2,5H2.